The van der Waals surface area contributed by atoms with E-state index in [1.165, 1.54) is 21.6 Å². The highest BCUT2D eigenvalue weighted by Gasteiger charge is 2.35. The van der Waals surface area contributed by atoms with E-state index in [-0.39, 0.29) is 17.4 Å². The van der Waals surface area contributed by atoms with E-state index in [1.807, 2.05) is 6.07 Å². The van der Waals surface area contributed by atoms with Crippen LogP contribution in [0.4, 0.5) is 23.8 Å². The van der Waals surface area contributed by atoms with E-state index in [4.69, 9.17) is 4.74 Å². The van der Waals surface area contributed by atoms with Crippen molar-refractivity contribution in [2.45, 2.75) is 12.0 Å². The number of amides is 2. The first-order valence-electron chi connectivity index (χ1n) is 12.4. The lowest BCUT2D eigenvalue weighted by Crippen LogP contribution is -2.42. The Kier molecular flexibility index (Phi) is 7.66. The number of hydrogen-bond acceptors (Lipinski definition) is 5. The second kappa shape index (κ2) is 11.3. The lowest BCUT2D eigenvalue weighted by molar-refractivity contribution is 0.159. The van der Waals surface area contributed by atoms with E-state index in [1.54, 1.807) is 44.6 Å². The number of carbonyl (C=O) groups is 1. The second-order valence-corrected chi connectivity index (χ2v) is 9.40. The number of halogens is 3. The average molecular weight is 540 g/mol. The fourth-order valence-corrected chi connectivity index (χ4v) is 4.82. The molecule has 4 aromatic rings. The first-order valence-corrected chi connectivity index (χ1v) is 12.4. The van der Waals surface area contributed by atoms with Gasteiger partial charge in [-0.2, -0.15) is 10.2 Å². The third kappa shape index (κ3) is 5.66. The van der Waals surface area contributed by atoms with Gasteiger partial charge in [0.05, 0.1) is 24.5 Å². The third-order valence-corrected chi connectivity index (χ3v) is 6.73. The number of likely N-dealkylation sites (tertiary alicyclic amines) is 1. The Balaban J connectivity index is 1.42. The summed E-state index contributed by atoms with van der Waals surface area (Å²) in [7, 11) is 3.30. The summed E-state index contributed by atoms with van der Waals surface area (Å²) in [6, 6.07) is 11.5. The van der Waals surface area contributed by atoms with E-state index < -0.39 is 29.5 Å². The molecular weight excluding hydrogens is 511 g/mol. The fourth-order valence-electron chi connectivity index (χ4n) is 4.82. The molecule has 1 aliphatic heterocycles. The zero-order chi connectivity index (χ0) is 27.5. The Morgan fingerprint density at radius 2 is 1.90 bits per heavy atom. The number of aryl methyl sites for hydroxylation is 1. The number of para-hydroxylation sites is 1. The molecule has 2 amide bonds. The summed E-state index contributed by atoms with van der Waals surface area (Å²) in [5.74, 6) is -3.08. The van der Waals surface area contributed by atoms with Gasteiger partial charge < -0.3 is 10.1 Å². The monoisotopic (exact) mass is 539 g/mol. The van der Waals surface area contributed by atoms with Gasteiger partial charge in [-0.15, -0.1) is 0 Å². The van der Waals surface area contributed by atoms with Crippen LogP contribution in [0.2, 0.25) is 0 Å². The van der Waals surface area contributed by atoms with Crippen LogP contribution in [0, 0.1) is 17.5 Å². The van der Waals surface area contributed by atoms with Gasteiger partial charge in [-0.1, -0.05) is 24.3 Å². The van der Waals surface area contributed by atoms with Gasteiger partial charge in [0.1, 0.15) is 5.69 Å². The van der Waals surface area contributed by atoms with Gasteiger partial charge >= 0.3 is 6.03 Å². The van der Waals surface area contributed by atoms with Gasteiger partial charge in [0.25, 0.3) is 0 Å². The van der Waals surface area contributed by atoms with Crippen LogP contribution in [0.25, 0.3) is 16.9 Å². The Labute approximate surface area is 223 Å². The molecule has 1 saturated heterocycles. The van der Waals surface area contributed by atoms with E-state index in [2.05, 4.69) is 25.7 Å². The number of urea groups is 1. The highest BCUT2D eigenvalue weighted by molar-refractivity contribution is 5.90. The Morgan fingerprint density at radius 1 is 1.10 bits per heavy atom. The van der Waals surface area contributed by atoms with E-state index in [0.29, 0.717) is 43.1 Å². The first-order chi connectivity index (χ1) is 18.8. The molecule has 0 saturated carbocycles. The Morgan fingerprint density at radius 3 is 2.59 bits per heavy atom. The maximum absolute atomic E-state index is 15.7. The van der Waals surface area contributed by atoms with Crippen molar-refractivity contribution < 1.29 is 22.7 Å². The summed E-state index contributed by atoms with van der Waals surface area (Å²) in [4.78, 5) is 15.3. The molecule has 2 aromatic heterocycles. The topological polar surface area (TPSA) is 89.2 Å². The van der Waals surface area contributed by atoms with Crippen LogP contribution in [0.15, 0.2) is 60.9 Å². The minimum Gasteiger partial charge on any atom is -0.383 e. The summed E-state index contributed by atoms with van der Waals surface area (Å²) < 4.78 is 51.4. The molecule has 1 aliphatic rings. The molecule has 2 aromatic carbocycles. The SMILES string of the molecule is COCCN1C[C@@H](NC(=O)Nc2c(F)c(-c3cnn(C)c3)nn2-c2ccccc2)[C@H](c2ccc(F)c(F)c2)C1. The van der Waals surface area contributed by atoms with Crippen LogP contribution < -0.4 is 10.6 Å². The number of nitrogens with zero attached hydrogens (tertiary/aromatic N) is 5. The van der Waals surface area contributed by atoms with Crippen molar-refractivity contribution in [1.29, 1.82) is 0 Å². The van der Waals surface area contributed by atoms with Crippen molar-refractivity contribution in [1.82, 2.24) is 29.8 Å². The zero-order valence-electron chi connectivity index (χ0n) is 21.4. The number of rotatable bonds is 8. The van der Waals surface area contributed by atoms with Gasteiger partial charge in [-0.25, -0.2) is 22.6 Å². The van der Waals surface area contributed by atoms with Gasteiger partial charge in [0, 0.05) is 51.5 Å². The van der Waals surface area contributed by atoms with Crippen LogP contribution in [-0.2, 0) is 11.8 Å². The smallest absolute Gasteiger partial charge is 0.320 e. The molecule has 5 rings (SSSR count). The molecule has 39 heavy (non-hydrogen) atoms. The lowest BCUT2D eigenvalue weighted by Gasteiger charge is -2.21. The minimum atomic E-state index is -0.956. The molecule has 2 atom stereocenters. The normalized spacial score (nSPS) is 17.5. The highest BCUT2D eigenvalue weighted by atomic mass is 19.2. The maximum atomic E-state index is 15.7. The van der Waals surface area contributed by atoms with Crippen molar-refractivity contribution in [3.05, 3.63) is 83.9 Å². The van der Waals surface area contributed by atoms with Crippen molar-refractivity contribution in [2.75, 3.05) is 38.7 Å². The number of aromatic nitrogens is 4. The van der Waals surface area contributed by atoms with Crippen LogP contribution >= 0.6 is 0 Å². The molecular formula is C27H28F3N7O2. The predicted molar refractivity (Wildman–Crippen MR) is 139 cm³/mol. The molecule has 0 unspecified atom stereocenters. The molecule has 1 fully saturated rings. The number of benzene rings is 2. The minimum absolute atomic E-state index is 0.0357. The molecule has 12 heteroatoms. The van der Waals surface area contributed by atoms with Gasteiger partial charge in [0.15, 0.2) is 23.3 Å². The summed E-state index contributed by atoms with van der Waals surface area (Å²) >= 11 is 0. The number of hydrogen-bond donors (Lipinski definition) is 2. The quantitative estimate of drug-likeness (QED) is 0.354. The molecule has 3 heterocycles. The van der Waals surface area contributed by atoms with Crippen molar-refractivity contribution >= 4 is 11.8 Å². The van der Waals surface area contributed by atoms with Gasteiger partial charge in [0.2, 0.25) is 0 Å². The largest absolute Gasteiger partial charge is 0.383 e. The van der Waals surface area contributed by atoms with Crippen LogP contribution in [0.1, 0.15) is 11.5 Å². The predicted octanol–water partition coefficient (Wildman–Crippen LogP) is 3.93. The molecule has 2 N–H and O–H groups in total. The number of ether oxygens (including phenoxy) is 1. The van der Waals surface area contributed by atoms with Crippen molar-refractivity contribution in [2.24, 2.45) is 7.05 Å². The zero-order valence-corrected chi connectivity index (χ0v) is 21.4. The Bertz CT molecular complexity index is 1460. The molecule has 204 valence electrons. The standard InChI is InChI=1S/C27H28F3N7O2/c1-35-14-18(13-31-35)25-24(30)26(37(34-25)19-6-4-3-5-7-19)33-27(38)32-23-16-36(10-11-39-2)15-20(23)17-8-9-21(28)22(29)12-17/h3-9,12-14,20,23H,10-11,15-16H2,1-2H3,(H2,32,33,38)/t20-,23+/m0/s1. The average Bonchev–Trinajstić information content (AvgIpc) is 3.62. The summed E-state index contributed by atoms with van der Waals surface area (Å²) in [5, 5.41) is 14.0. The lowest BCUT2D eigenvalue weighted by atomic mass is 9.94. The van der Waals surface area contributed by atoms with Crippen molar-refractivity contribution in [3.8, 4) is 16.9 Å². The summed E-state index contributed by atoms with van der Waals surface area (Å²) in [6.07, 6.45) is 3.12. The van der Waals surface area contributed by atoms with Crippen molar-refractivity contribution in [3.63, 3.8) is 0 Å². The molecule has 0 bridgehead atoms. The Hall–Kier alpha value is -4.16. The first kappa shape index (κ1) is 26.4. The molecule has 9 nitrogen and oxygen atoms in total. The molecule has 0 spiro atoms. The summed E-state index contributed by atoms with van der Waals surface area (Å²) in [5.41, 5.74) is 1.59. The molecule has 0 aliphatic carbocycles. The number of methoxy groups -OCH3 is 1. The van der Waals surface area contributed by atoms with E-state index in [9.17, 15) is 13.6 Å². The maximum Gasteiger partial charge on any atom is 0.320 e. The molecule has 0 radical (unpaired) electrons. The van der Waals surface area contributed by atoms with Gasteiger partial charge in [-0.05, 0) is 29.8 Å². The highest BCUT2D eigenvalue weighted by Crippen LogP contribution is 2.31. The van der Waals surface area contributed by atoms with Gasteiger partial charge in [-0.3, -0.25) is 14.9 Å². The number of carbonyl (C=O) groups excluding carboxylic acids is 1. The second-order valence-electron chi connectivity index (χ2n) is 9.40. The van der Waals surface area contributed by atoms with E-state index >= 15 is 4.39 Å². The summed E-state index contributed by atoms with van der Waals surface area (Å²) in [6.45, 7) is 2.02. The van der Waals surface area contributed by atoms with Crippen LogP contribution in [0.3, 0.4) is 0 Å². The number of anilines is 1. The third-order valence-electron chi connectivity index (χ3n) is 6.73. The van der Waals surface area contributed by atoms with Crippen LogP contribution in [0.5, 0.6) is 0 Å². The van der Waals surface area contributed by atoms with E-state index in [0.717, 1.165) is 12.1 Å². The van der Waals surface area contributed by atoms with Crippen LogP contribution in [-0.4, -0.2) is 69.9 Å². The number of nitrogens with one attached hydrogen (secondary N) is 2. The fraction of sp³-hybridized carbons (Fsp3) is 0.296.